The van der Waals surface area contributed by atoms with Gasteiger partial charge in [0.05, 0.1) is 0 Å². The van der Waals surface area contributed by atoms with Crippen molar-refractivity contribution < 1.29 is 0 Å². The third kappa shape index (κ3) is 1.08. The van der Waals surface area contributed by atoms with E-state index in [1.54, 1.807) is 0 Å². The lowest BCUT2D eigenvalue weighted by molar-refractivity contribution is 0.593. The van der Waals surface area contributed by atoms with Crippen LogP contribution in [0.1, 0.15) is 13.8 Å². The second kappa shape index (κ2) is 2.66. The Bertz CT molecular complexity index is 312. The molecule has 0 fully saturated rings. The molecule has 0 aliphatic carbocycles. The summed E-state index contributed by atoms with van der Waals surface area (Å²) in [6.07, 6.45) is 4.50. The van der Waals surface area contributed by atoms with E-state index in [1.807, 2.05) is 0 Å². The normalized spacial score (nSPS) is 27.1. The standard InChI is InChI=1S/C9H11BrN2/c1-5-3-4-7-8(10)6(2)12-9(7)11-5/h3-4,9,11-12H,1-2H3. The van der Waals surface area contributed by atoms with Crippen LogP contribution in [0.3, 0.4) is 0 Å². The van der Waals surface area contributed by atoms with E-state index in [4.69, 9.17) is 0 Å². The average Bonchev–Trinajstić information content (AvgIpc) is 2.28. The Hall–Kier alpha value is -0.700. The van der Waals surface area contributed by atoms with Gasteiger partial charge in [0.1, 0.15) is 6.17 Å². The van der Waals surface area contributed by atoms with Crippen molar-refractivity contribution >= 4 is 15.9 Å². The maximum absolute atomic E-state index is 3.54. The van der Waals surface area contributed by atoms with Crippen LogP contribution in [0.2, 0.25) is 0 Å². The lowest BCUT2D eigenvalue weighted by Gasteiger charge is -2.21. The molecular formula is C9H11BrN2. The molecule has 64 valence electrons. The van der Waals surface area contributed by atoms with Crippen LogP contribution in [0.15, 0.2) is 33.6 Å². The maximum Gasteiger partial charge on any atom is 0.124 e. The first-order valence-corrected chi connectivity index (χ1v) is 4.76. The molecule has 12 heavy (non-hydrogen) atoms. The van der Waals surface area contributed by atoms with Crippen molar-refractivity contribution in [2.75, 3.05) is 0 Å². The van der Waals surface area contributed by atoms with E-state index in [1.165, 1.54) is 21.4 Å². The minimum atomic E-state index is 0.268. The SMILES string of the molecule is CC1=CC=C2C(Br)=C(C)NC2N1. The fourth-order valence-corrected chi connectivity index (χ4v) is 1.95. The van der Waals surface area contributed by atoms with Crippen LogP contribution in [-0.4, -0.2) is 6.17 Å². The molecule has 0 aromatic heterocycles. The highest BCUT2D eigenvalue weighted by molar-refractivity contribution is 9.12. The van der Waals surface area contributed by atoms with Crippen LogP contribution >= 0.6 is 15.9 Å². The fourth-order valence-electron chi connectivity index (χ4n) is 1.47. The summed E-state index contributed by atoms with van der Waals surface area (Å²) in [4.78, 5) is 0. The quantitative estimate of drug-likeness (QED) is 0.661. The van der Waals surface area contributed by atoms with Gasteiger partial charge in [-0.3, -0.25) is 0 Å². The van der Waals surface area contributed by atoms with Gasteiger partial charge in [0.2, 0.25) is 0 Å². The molecule has 0 saturated carbocycles. The lowest BCUT2D eigenvalue weighted by atomic mass is 10.1. The molecule has 0 saturated heterocycles. The van der Waals surface area contributed by atoms with Gasteiger partial charge in [0.15, 0.2) is 0 Å². The van der Waals surface area contributed by atoms with Gasteiger partial charge in [-0.25, -0.2) is 0 Å². The third-order valence-corrected chi connectivity index (χ3v) is 3.19. The van der Waals surface area contributed by atoms with E-state index in [2.05, 4.69) is 52.6 Å². The summed E-state index contributed by atoms with van der Waals surface area (Å²) >= 11 is 3.54. The Morgan fingerprint density at radius 1 is 1.25 bits per heavy atom. The number of hydrogen-bond acceptors (Lipinski definition) is 2. The van der Waals surface area contributed by atoms with Crippen LogP contribution < -0.4 is 10.6 Å². The Balaban J connectivity index is 2.37. The fraction of sp³-hybridized carbons (Fsp3) is 0.333. The number of halogens is 1. The van der Waals surface area contributed by atoms with Gasteiger partial charge < -0.3 is 10.6 Å². The number of nitrogens with one attached hydrogen (secondary N) is 2. The molecule has 0 spiro atoms. The number of rotatable bonds is 0. The molecule has 1 atom stereocenters. The summed E-state index contributed by atoms with van der Waals surface area (Å²) in [5.74, 6) is 0. The Labute approximate surface area is 80.5 Å². The molecule has 2 nitrogen and oxygen atoms in total. The predicted octanol–water partition coefficient (Wildman–Crippen LogP) is 1.98. The van der Waals surface area contributed by atoms with E-state index in [0.29, 0.717) is 0 Å². The molecule has 0 aromatic rings. The monoisotopic (exact) mass is 226 g/mol. The molecule has 2 rings (SSSR count). The van der Waals surface area contributed by atoms with Crippen molar-refractivity contribution in [1.82, 2.24) is 10.6 Å². The van der Waals surface area contributed by atoms with Gasteiger partial charge in [-0.15, -0.1) is 0 Å². The maximum atomic E-state index is 3.54. The molecule has 0 aromatic carbocycles. The molecule has 1 unspecified atom stereocenters. The van der Waals surface area contributed by atoms with Crippen LogP contribution in [0.5, 0.6) is 0 Å². The zero-order chi connectivity index (χ0) is 8.72. The van der Waals surface area contributed by atoms with Gasteiger partial charge in [-0.2, -0.15) is 0 Å². The Kier molecular flexibility index (Phi) is 1.76. The van der Waals surface area contributed by atoms with Crippen molar-refractivity contribution in [2.24, 2.45) is 0 Å². The van der Waals surface area contributed by atoms with E-state index in [0.717, 1.165) is 0 Å². The number of dihydropyridines is 1. The summed E-state index contributed by atoms with van der Waals surface area (Å²) in [7, 11) is 0. The summed E-state index contributed by atoms with van der Waals surface area (Å²) in [6, 6.07) is 0. The zero-order valence-electron chi connectivity index (χ0n) is 7.11. The smallest absolute Gasteiger partial charge is 0.124 e. The summed E-state index contributed by atoms with van der Waals surface area (Å²) in [6.45, 7) is 4.14. The van der Waals surface area contributed by atoms with Gasteiger partial charge in [0.25, 0.3) is 0 Å². The molecule has 3 heteroatoms. The Morgan fingerprint density at radius 3 is 2.75 bits per heavy atom. The molecule has 2 heterocycles. The topological polar surface area (TPSA) is 24.1 Å². The summed E-state index contributed by atoms with van der Waals surface area (Å²) in [5, 5.41) is 6.70. The minimum absolute atomic E-state index is 0.268. The molecule has 2 aliphatic heterocycles. The van der Waals surface area contributed by atoms with Crippen LogP contribution in [-0.2, 0) is 0 Å². The van der Waals surface area contributed by atoms with Crippen LogP contribution in [0, 0.1) is 0 Å². The summed E-state index contributed by atoms with van der Waals surface area (Å²) in [5.41, 5.74) is 3.69. The molecular weight excluding hydrogens is 216 g/mol. The van der Waals surface area contributed by atoms with E-state index < -0.39 is 0 Å². The number of hydrogen-bond donors (Lipinski definition) is 2. The van der Waals surface area contributed by atoms with Gasteiger partial charge in [0, 0.05) is 21.4 Å². The average molecular weight is 227 g/mol. The highest BCUT2D eigenvalue weighted by Gasteiger charge is 2.26. The molecule has 0 radical (unpaired) electrons. The van der Waals surface area contributed by atoms with Gasteiger partial charge in [-0.05, 0) is 35.9 Å². The lowest BCUT2D eigenvalue weighted by Crippen LogP contribution is -2.39. The largest absolute Gasteiger partial charge is 0.365 e. The van der Waals surface area contributed by atoms with Gasteiger partial charge in [-0.1, -0.05) is 6.08 Å². The van der Waals surface area contributed by atoms with Crippen molar-refractivity contribution in [1.29, 1.82) is 0 Å². The molecule has 0 bridgehead atoms. The van der Waals surface area contributed by atoms with Crippen LogP contribution in [0.25, 0.3) is 0 Å². The van der Waals surface area contributed by atoms with E-state index >= 15 is 0 Å². The number of fused-ring (bicyclic) bond motifs is 1. The van der Waals surface area contributed by atoms with Crippen molar-refractivity contribution in [3.8, 4) is 0 Å². The van der Waals surface area contributed by atoms with E-state index in [9.17, 15) is 0 Å². The first-order chi connectivity index (χ1) is 5.68. The van der Waals surface area contributed by atoms with Crippen molar-refractivity contribution in [2.45, 2.75) is 20.0 Å². The molecule has 2 aliphatic rings. The highest BCUT2D eigenvalue weighted by Crippen LogP contribution is 2.30. The first kappa shape index (κ1) is 7.92. The second-order valence-electron chi connectivity index (χ2n) is 3.13. The molecule has 2 N–H and O–H groups in total. The predicted molar refractivity (Wildman–Crippen MR) is 53.5 cm³/mol. The first-order valence-electron chi connectivity index (χ1n) is 3.97. The summed E-state index contributed by atoms with van der Waals surface area (Å²) < 4.78 is 1.18. The highest BCUT2D eigenvalue weighted by atomic mass is 79.9. The van der Waals surface area contributed by atoms with Crippen molar-refractivity contribution in [3.63, 3.8) is 0 Å². The third-order valence-electron chi connectivity index (χ3n) is 2.14. The second-order valence-corrected chi connectivity index (χ2v) is 3.93. The van der Waals surface area contributed by atoms with Crippen LogP contribution in [0.4, 0.5) is 0 Å². The van der Waals surface area contributed by atoms with Crippen molar-refractivity contribution in [3.05, 3.63) is 33.6 Å². The zero-order valence-corrected chi connectivity index (χ0v) is 8.70. The number of allylic oxidation sites excluding steroid dienone is 4. The van der Waals surface area contributed by atoms with E-state index in [-0.39, 0.29) is 6.17 Å². The minimum Gasteiger partial charge on any atom is -0.365 e. The van der Waals surface area contributed by atoms with Gasteiger partial charge >= 0.3 is 0 Å². The molecule has 0 amide bonds. The Morgan fingerprint density at radius 2 is 2.00 bits per heavy atom.